The number of hydrogen-bond donors (Lipinski definition) is 3. The van der Waals surface area contributed by atoms with E-state index in [1.165, 1.54) is 28.7 Å². The van der Waals surface area contributed by atoms with Gasteiger partial charge in [0.2, 0.25) is 11.9 Å². The van der Waals surface area contributed by atoms with Crippen LogP contribution in [0.25, 0.3) is 11.3 Å². The largest absolute Gasteiger partial charge is 0.497 e. The molecule has 3 N–H and O–H groups in total. The number of nitrogens with zero attached hydrogens (tertiary/aromatic N) is 6. The maximum Gasteiger partial charge on any atom is 0.329 e. The van der Waals surface area contributed by atoms with Crippen molar-refractivity contribution in [3.8, 4) is 17.0 Å². The molecule has 216 valence electrons. The molecule has 0 saturated carbocycles. The number of aryl methyl sites for hydroxylation is 1. The number of hydrazone groups is 1. The Morgan fingerprint density at radius 3 is 2.80 bits per heavy atom. The highest BCUT2D eigenvalue weighted by molar-refractivity contribution is 5.89. The van der Waals surface area contributed by atoms with Crippen LogP contribution in [0, 0.1) is 12.7 Å². The van der Waals surface area contributed by atoms with Gasteiger partial charge < -0.3 is 25.4 Å². The van der Waals surface area contributed by atoms with Crippen LogP contribution in [0.15, 0.2) is 41.8 Å². The van der Waals surface area contributed by atoms with Crippen LogP contribution in [-0.2, 0) is 11.2 Å². The number of halogens is 1. The minimum atomic E-state index is -0.873. The predicted octanol–water partition coefficient (Wildman–Crippen LogP) is 2.53. The van der Waals surface area contributed by atoms with Gasteiger partial charge in [0.25, 0.3) is 0 Å². The highest BCUT2D eigenvalue weighted by Crippen LogP contribution is 2.28. The van der Waals surface area contributed by atoms with E-state index >= 15 is 0 Å². The Kier molecular flexibility index (Phi) is 7.88. The molecule has 3 atom stereocenters. The van der Waals surface area contributed by atoms with E-state index in [2.05, 4.69) is 20.7 Å². The van der Waals surface area contributed by atoms with E-state index in [1.54, 1.807) is 25.4 Å². The molecule has 1 aromatic carbocycles. The van der Waals surface area contributed by atoms with Gasteiger partial charge >= 0.3 is 6.03 Å². The molecule has 2 aliphatic rings. The molecule has 12 nitrogen and oxygen atoms in total. The van der Waals surface area contributed by atoms with Gasteiger partial charge in [0, 0.05) is 62.4 Å². The zero-order chi connectivity index (χ0) is 29.3. The zero-order valence-electron chi connectivity index (χ0n) is 23.3. The smallest absolute Gasteiger partial charge is 0.329 e. The van der Waals surface area contributed by atoms with Crippen LogP contribution >= 0.6 is 0 Å². The Balaban J connectivity index is 1.31. The SMILES string of the molecule is COc1cc(F)cc([C@@H](CO)NC(=O)[C@H](C)N2CCc3cc(-c4nc(NC5CC=NN5C)ncc4C)cn3C2=O)c1. The van der Waals surface area contributed by atoms with Crippen molar-refractivity contribution in [3.63, 3.8) is 0 Å². The number of aromatic nitrogens is 3. The number of nitrogens with one attached hydrogen (secondary N) is 2. The summed E-state index contributed by atoms with van der Waals surface area (Å²) in [4.78, 5) is 37.3. The lowest BCUT2D eigenvalue weighted by molar-refractivity contribution is -0.126. The van der Waals surface area contributed by atoms with E-state index in [4.69, 9.17) is 9.72 Å². The third-order valence-corrected chi connectivity index (χ3v) is 7.42. The van der Waals surface area contributed by atoms with Gasteiger partial charge in [-0.05, 0) is 43.2 Å². The van der Waals surface area contributed by atoms with Gasteiger partial charge in [-0.15, -0.1) is 0 Å². The lowest BCUT2D eigenvalue weighted by Gasteiger charge is -2.33. The van der Waals surface area contributed by atoms with Crippen LogP contribution in [0.2, 0.25) is 0 Å². The van der Waals surface area contributed by atoms with Crippen molar-refractivity contribution in [2.24, 2.45) is 5.10 Å². The van der Waals surface area contributed by atoms with Crippen LogP contribution < -0.4 is 15.4 Å². The Morgan fingerprint density at radius 1 is 1.29 bits per heavy atom. The van der Waals surface area contributed by atoms with Gasteiger partial charge in [0.05, 0.1) is 25.5 Å². The number of aliphatic hydroxyl groups is 1. The molecule has 0 aliphatic carbocycles. The third kappa shape index (κ3) is 5.71. The summed E-state index contributed by atoms with van der Waals surface area (Å²) in [5, 5.41) is 22.0. The molecule has 1 unspecified atom stereocenters. The number of ether oxygens (including phenoxy) is 1. The second kappa shape index (κ2) is 11.5. The first kappa shape index (κ1) is 28.0. The molecule has 5 rings (SSSR count). The number of fused-ring (bicyclic) bond motifs is 1. The lowest BCUT2D eigenvalue weighted by Crippen LogP contribution is -2.53. The lowest BCUT2D eigenvalue weighted by atomic mass is 10.1. The molecule has 0 radical (unpaired) electrons. The molecule has 2 amide bonds. The van der Waals surface area contributed by atoms with Crippen molar-refractivity contribution >= 4 is 24.1 Å². The first-order valence-electron chi connectivity index (χ1n) is 13.3. The van der Waals surface area contributed by atoms with Crippen LogP contribution in [0.3, 0.4) is 0 Å². The van der Waals surface area contributed by atoms with Crippen LogP contribution in [0.1, 0.15) is 36.2 Å². The molecular formula is C28H33FN8O4. The summed E-state index contributed by atoms with van der Waals surface area (Å²) in [5.41, 5.74) is 3.49. The highest BCUT2D eigenvalue weighted by atomic mass is 19.1. The average Bonchev–Trinajstić information content (AvgIpc) is 3.58. The molecule has 0 fully saturated rings. The monoisotopic (exact) mass is 564 g/mol. The number of aliphatic hydroxyl groups excluding tert-OH is 1. The van der Waals surface area contributed by atoms with E-state index in [0.29, 0.717) is 30.2 Å². The molecule has 3 aromatic rings. The molecule has 0 bridgehead atoms. The van der Waals surface area contributed by atoms with E-state index in [9.17, 15) is 19.1 Å². The molecule has 2 aromatic heterocycles. The van der Waals surface area contributed by atoms with Gasteiger partial charge in [0.15, 0.2) is 0 Å². The number of methoxy groups -OCH3 is 1. The fourth-order valence-corrected chi connectivity index (χ4v) is 5.02. The molecule has 0 spiro atoms. The molecule has 4 heterocycles. The fraction of sp³-hybridized carbons (Fsp3) is 0.393. The predicted molar refractivity (Wildman–Crippen MR) is 150 cm³/mol. The van der Waals surface area contributed by atoms with Crippen LogP contribution in [-0.4, -0.2) is 87.2 Å². The minimum absolute atomic E-state index is 0.0380. The van der Waals surface area contributed by atoms with Gasteiger partial charge in [-0.3, -0.25) is 14.4 Å². The van der Waals surface area contributed by atoms with E-state index in [0.717, 1.165) is 23.2 Å². The molecular weight excluding hydrogens is 531 g/mol. The fourth-order valence-electron chi connectivity index (χ4n) is 5.02. The number of rotatable bonds is 9. The Hall–Kier alpha value is -4.52. The maximum absolute atomic E-state index is 14.0. The standard InChI is InChI=1S/C28H33FN8O4/c1-16-13-30-27(33-24-5-7-31-35(24)3)34-25(16)19-10-21-6-8-36(28(40)37(21)14-19)17(2)26(39)32-23(15-38)18-9-20(29)12-22(11-18)41-4/h7,9-14,17,23-24,38H,5-6,8,15H2,1-4H3,(H,32,39)(H,30,33,34)/t17-,23+,24?/m0/s1. The van der Waals surface area contributed by atoms with Gasteiger partial charge in [-0.2, -0.15) is 5.10 Å². The molecule has 2 aliphatic heterocycles. The summed E-state index contributed by atoms with van der Waals surface area (Å²) in [6.45, 7) is 3.41. The van der Waals surface area contributed by atoms with Crippen LogP contribution in [0.4, 0.5) is 15.1 Å². The first-order chi connectivity index (χ1) is 19.7. The third-order valence-electron chi connectivity index (χ3n) is 7.42. The maximum atomic E-state index is 14.0. The van der Waals surface area contributed by atoms with Gasteiger partial charge in [-0.25, -0.2) is 19.2 Å². The topological polar surface area (TPSA) is 137 Å². The zero-order valence-corrected chi connectivity index (χ0v) is 23.3. The molecule has 41 heavy (non-hydrogen) atoms. The van der Waals surface area contributed by atoms with Crippen molar-refractivity contribution in [2.45, 2.75) is 44.9 Å². The Morgan fingerprint density at radius 2 is 2.10 bits per heavy atom. The summed E-state index contributed by atoms with van der Waals surface area (Å²) in [7, 11) is 3.28. The van der Waals surface area contributed by atoms with Gasteiger partial charge in [0.1, 0.15) is 23.8 Å². The Labute approximate surface area is 236 Å². The normalized spacial score (nSPS) is 17.8. The van der Waals surface area contributed by atoms with E-state index < -0.39 is 30.4 Å². The minimum Gasteiger partial charge on any atom is -0.497 e. The number of benzene rings is 1. The number of carbonyl (C=O) groups is 2. The summed E-state index contributed by atoms with van der Waals surface area (Å²) in [6.07, 6.45) is 6.53. The van der Waals surface area contributed by atoms with Crippen molar-refractivity contribution < 1.29 is 23.8 Å². The highest BCUT2D eigenvalue weighted by Gasteiger charge is 2.33. The van der Waals surface area contributed by atoms with Gasteiger partial charge in [-0.1, -0.05) is 0 Å². The van der Waals surface area contributed by atoms with Crippen molar-refractivity contribution in [1.82, 2.24) is 29.8 Å². The van der Waals surface area contributed by atoms with Crippen molar-refractivity contribution in [1.29, 1.82) is 0 Å². The number of amides is 2. The Bertz CT molecular complexity index is 1490. The van der Waals surface area contributed by atoms with Crippen molar-refractivity contribution in [3.05, 3.63) is 59.3 Å². The first-order valence-corrected chi connectivity index (χ1v) is 13.3. The number of carbonyl (C=O) groups excluding carboxylic acids is 2. The average molecular weight is 565 g/mol. The molecule has 0 saturated heterocycles. The van der Waals surface area contributed by atoms with E-state index in [1.807, 2.05) is 31.3 Å². The summed E-state index contributed by atoms with van der Waals surface area (Å²) >= 11 is 0. The second-order valence-electron chi connectivity index (χ2n) is 10.2. The molecule has 13 heteroatoms. The summed E-state index contributed by atoms with van der Waals surface area (Å²) in [6, 6.07) is 3.86. The summed E-state index contributed by atoms with van der Waals surface area (Å²) < 4.78 is 20.7. The second-order valence-corrected chi connectivity index (χ2v) is 10.2. The van der Waals surface area contributed by atoms with E-state index in [-0.39, 0.29) is 17.9 Å². The number of hydrogen-bond acceptors (Lipinski definition) is 9. The van der Waals surface area contributed by atoms with Crippen molar-refractivity contribution in [2.75, 3.05) is 32.6 Å². The quantitative estimate of drug-likeness (QED) is 0.361. The van der Waals surface area contributed by atoms with Crippen LogP contribution in [0.5, 0.6) is 5.75 Å². The number of anilines is 1. The summed E-state index contributed by atoms with van der Waals surface area (Å²) in [5.74, 6) is -0.294.